The number of aliphatic hydroxyl groups excluding tert-OH is 1. The molecule has 1 amide bonds. The van der Waals surface area contributed by atoms with E-state index in [0.29, 0.717) is 33.3 Å². The number of hydrogen-bond acceptors (Lipinski definition) is 5. The number of rotatable bonds is 9. The predicted octanol–water partition coefficient (Wildman–Crippen LogP) is 3.60. The van der Waals surface area contributed by atoms with E-state index in [-0.39, 0.29) is 6.54 Å². The van der Waals surface area contributed by atoms with E-state index >= 15 is 0 Å². The topological polar surface area (TPSA) is 96.3 Å². The number of amides is 1. The average Bonchev–Trinajstić information content (AvgIpc) is 2.74. The second-order valence-corrected chi connectivity index (χ2v) is 6.53. The summed E-state index contributed by atoms with van der Waals surface area (Å²) in [6.45, 7) is 3.73. The van der Waals surface area contributed by atoms with Gasteiger partial charge in [-0.05, 0) is 24.3 Å². The zero-order valence-electron chi connectivity index (χ0n) is 16.5. The second kappa shape index (κ2) is 10.5. The first-order chi connectivity index (χ1) is 14.3. The van der Waals surface area contributed by atoms with Crippen molar-refractivity contribution in [1.29, 1.82) is 0 Å². The number of hydrogen-bond donors (Lipinski definition) is 2. The molecule has 0 aliphatic heterocycles. The van der Waals surface area contributed by atoms with Gasteiger partial charge in [-0.25, -0.2) is 4.79 Å². The number of carboxylic acid groups (broad SMARTS) is 1. The maximum atomic E-state index is 12.6. The van der Waals surface area contributed by atoms with Gasteiger partial charge in [0.05, 0.1) is 19.9 Å². The Morgan fingerprint density at radius 1 is 1.17 bits per heavy atom. The Bertz CT molecular complexity index is 972. The van der Waals surface area contributed by atoms with Gasteiger partial charge in [-0.15, -0.1) is 6.58 Å². The highest BCUT2D eigenvalue weighted by atomic mass is 35.5. The molecule has 0 aliphatic carbocycles. The largest absolute Gasteiger partial charge is 0.493 e. The Morgan fingerprint density at radius 2 is 1.90 bits per heavy atom. The van der Waals surface area contributed by atoms with Crippen LogP contribution in [-0.4, -0.2) is 42.9 Å². The summed E-state index contributed by atoms with van der Waals surface area (Å²) < 4.78 is 10.7. The lowest BCUT2D eigenvalue weighted by molar-refractivity contribution is -0.131. The number of carboxylic acids is 1. The lowest BCUT2D eigenvalue weighted by Crippen LogP contribution is -2.31. The number of aliphatic hydroxyl groups is 1. The minimum atomic E-state index is -1.25. The van der Waals surface area contributed by atoms with Crippen molar-refractivity contribution in [2.24, 2.45) is 0 Å². The molecule has 1 unspecified atom stereocenters. The molecule has 0 aliphatic rings. The molecule has 0 heterocycles. The van der Waals surface area contributed by atoms with Crippen LogP contribution in [0.25, 0.3) is 0 Å². The maximum Gasteiger partial charge on any atom is 0.328 e. The summed E-state index contributed by atoms with van der Waals surface area (Å²) >= 11 is 6.16. The van der Waals surface area contributed by atoms with Crippen LogP contribution < -0.4 is 14.4 Å². The van der Waals surface area contributed by atoms with Crippen molar-refractivity contribution in [3.63, 3.8) is 0 Å². The summed E-state index contributed by atoms with van der Waals surface area (Å²) in [5, 5.41) is 20.3. The number of aliphatic carboxylic acids is 1. The van der Waals surface area contributed by atoms with Crippen LogP contribution in [0.15, 0.2) is 61.2 Å². The molecule has 0 fully saturated rings. The third-order valence-corrected chi connectivity index (χ3v) is 4.48. The number of carbonyl (C=O) groups excluding carboxylic acids is 1. The van der Waals surface area contributed by atoms with Crippen LogP contribution in [0.2, 0.25) is 5.02 Å². The van der Waals surface area contributed by atoms with Gasteiger partial charge in [0.2, 0.25) is 0 Å². The molecule has 0 bridgehead atoms. The van der Waals surface area contributed by atoms with Crippen molar-refractivity contribution >= 4 is 29.2 Å². The van der Waals surface area contributed by atoms with Crippen molar-refractivity contribution in [2.75, 3.05) is 25.7 Å². The van der Waals surface area contributed by atoms with Gasteiger partial charge in [0.1, 0.15) is 6.10 Å². The first-order valence-electron chi connectivity index (χ1n) is 8.85. The van der Waals surface area contributed by atoms with E-state index in [4.69, 9.17) is 26.2 Å². The Hall–Kier alpha value is -3.29. The summed E-state index contributed by atoms with van der Waals surface area (Å²) in [7, 11) is 2.94. The number of benzene rings is 2. The number of halogens is 1. The minimum Gasteiger partial charge on any atom is -0.493 e. The van der Waals surface area contributed by atoms with Gasteiger partial charge >= 0.3 is 5.97 Å². The molecular weight excluding hydrogens is 410 g/mol. The van der Waals surface area contributed by atoms with Crippen LogP contribution in [0.1, 0.15) is 17.2 Å². The number of carbonyl (C=O) groups is 2. The van der Waals surface area contributed by atoms with Crippen LogP contribution in [-0.2, 0) is 9.59 Å². The maximum absolute atomic E-state index is 12.6. The molecule has 7 nitrogen and oxygen atoms in total. The monoisotopic (exact) mass is 431 g/mol. The number of nitrogens with zero attached hydrogens (tertiary/aromatic N) is 1. The van der Waals surface area contributed by atoms with E-state index in [0.717, 1.165) is 12.2 Å². The predicted molar refractivity (Wildman–Crippen MR) is 114 cm³/mol. The molecule has 0 spiro atoms. The molecule has 1 atom stereocenters. The van der Waals surface area contributed by atoms with Crippen LogP contribution in [0, 0.1) is 0 Å². The molecule has 0 saturated heterocycles. The van der Waals surface area contributed by atoms with Crippen LogP contribution in [0.3, 0.4) is 0 Å². The lowest BCUT2D eigenvalue weighted by atomic mass is 9.97. The molecular formula is C22H22ClNO6. The van der Waals surface area contributed by atoms with Gasteiger partial charge in [-0.3, -0.25) is 4.79 Å². The SMILES string of the molecule is C=CCN(C(=O)/C=C/C(=O)O)c1ccc(Cl)cc1C(O)c1cccc(OC)c1OC. The fourth-order valence-corrected chi connectivity index (χ4v) is 3.13. The standard InChI is InChI=1S/C22H22ClNO6/c1-4-12-24(19(25)10-11-20(26)27)17-9-8-14(23)13-16(17)21(28)15-6-5-7-18(29-2)22(15)30-3/h4-11,13,21,28H,1,12H2,2-3H3,(H,26,27)/b11-10+. The Labute approximate surface area is 179 Å². The van der Waals surface area contributed by atoms with Gasteiger partial charge in [0, 0.05) is 34.8 Å². The van der Waals surface area contributed by atoms with Crippen molar-refractivity contribution in [3.05, 3.63) is 77.4 Å². The van der Waals surface area contributed by atoms with E-state index in [2.05, 4.69) is 6.58 Å². The molecule has 0 saturated carbocycles. The second-order valence-electron chi connectivity index (χ2n) is 6.10. The summed E-state index contributed by atoms with van der Waals surface area (Å²) in [5.74, 6) is -1.07. The summed E-state index contributed by atoms with van der Waals surface area (Å²) in [6, 6.07) is 9.74. The normalized spacial score (nSPS) is 11.7. The molecule has 2 aromatic rings. The van der Waals surface area contributed by atoms with Gasteiger partial charge in [-0.1, -0.05) is 29.8 Å². The average molecular weight is 432 g/mol. The number of methoxy groups -OCH3 is 2. The highest BCUT2D eigenvalue weighted by molar-refractivity contribution is 6.30. The van der Waals surface area contributed by atoms with Crippen molar-refractivity contribution in [2.45, 2.75) is 6.10 Å². The molecule has 0 radical (unpaired) electrons. The van der Waals surface area contributed by atoms with E-state index in [1.54, 1.807) is 30.3 Å². The first-order valence-corrected chi connectivity index (χ1v) is 9.23. The Balaban J connectivity index is 2.62. The lowest BCUT2D eigenvalue weighted by Gasteiger charge is -2.26. The van der Waals surface area contributed by atoms with E-state index in [9.17, 15) is 14.7 Å². The molecule has 2 N–H and O–H groups in total. The summed E-state index contributed by atoms with van der Waals surface area (Å²) in [5.41, 5.74) is 1.08. The van der Waals surface area contributed by atoms with Crippen molar-refractivity contribution in [1.82, 2.24) is 0 Å². The van der Waals surface area contributed by atoms with Crippen molar-refractivity contribution < 1.29 is 29.3 Å². The number of para-hydroxylation sites is 1. The highest BCUT2D eigenvalue weighted by Gasteiger charge is 2.25. The quantitative estimate of drug-likeness (QED) is 0.465. The molecule has 30 heavy (non-hydrogen) atoms. The van der Waals surface area contributed by atoms with Gasteiger partial charge in [0.15, 0.2) is 11.5 Å². The van der Waals surface area contributed by atoms with Crippen molar-refractivity contribution in [3.8, 4) is 11.5 Å². The molecule has 0 aromatic heterocycles. The zero-order chi connectivity index (χ0) is 22.3. The Morgan fingerprint density at radius 3 is 2.50 bits per heavy atom. The Kier molecular flexibility index (Phi) is 8.03. The smallest absolute Gasteiger partial charge is 0.328 e. The third kappa shape index (κ3) is 5.20. The molecule has 2 rings (SSSR count). The van der Waals surface area contributed by atoms with E-state index < -0.39 is 18.0 Å². The highest BCUT2D eigenvalue weighted by Crippen LogP contribution is 2.40. The van der Waals surface area contributed by atoms with Gasteiger partial charge < -0.3 is 24.6 Å². The van der Waals surface area contributed by atoms with Gasteiger partial charge in [0.25, 0.3) is 5.91 Å². The van der Waals surface area contributed by atoms with Crippen LogP contribution in [0.5, 0.6) is 11.5 Å². The fraction of sp³-hybridized carbons (Fsp3) is 0.182. The molecule has 8 heteroatoms. The van der Waals surface area contributed by atoms with Crippen LogP contribution >= 0.6 is 11.6 Å². The third-order valence-electron chi connectivity index (χ3n) is 4.25. The molecule has 2 aromatic carbocycles. The molecule has 158 valence electrons. The van der Waals surface area contributed by atoms with E-state index in [1.165, 1.54) is 31.3 Å². The number of ether oxygens (including phenoxy) is 2. The number of anilines is 1. The summed E-state index contributed by atoms with van der Waals surface area (Å²) in [6.07, 6.45) is 1.95. The minimum absolute atomic E-state index is 0.0827. The fourth-order valence-electron chi connectivity index (χ4n) is 2.95. The van der Waals surface area contributed by atoms with Gasteiger partial charge in [-0.2, -0.15) is 0 Å². The summed E-state index contributed by atoms with van der Waals surface area (Å²) in [4.78, 5) is 24.7. The zero-order valence-corrected chi connectivity index (χ0v) is 17.3. The first kappa shape index (κ1) is 23.0. The van der Waals surface area contributed by atoms with Crippen LogP contribution in [0.4, 0.5) is 5.69 Å². The van der Waals surface area contributed by atoms with E-state index in [1.807, 2.05) is 0 Å².